The first-order valence-corrected chi connectivity index (χ1v) is 6.46. The largest absolute Gasteiger partial charge is 0.317 e. The molecule has 1 saturated carbocycles. The van der Waals surface area contributed by atoms with Crippen molar-refractivity contribution in [1.29, 1.82) is 0 Å². The Morgan fingerprint density at radius 2 is 2.00 bits per heavy atom. The minimum atomic E-state index is 0.704. The van der Waals surface area contributed by atoms with Crippen molar-refractivity contribution >= 4 is 0 Å². The van der Waals surface area contributed by atoms with Gasteiger partial charge in [-0.3, -0.25) is 4.98 Å². The third-order valence-corrected chi connectivity index (χ3v) is 3.83. The van der Waals surface area contributed by atoms with Gasteiger partial charge in [-0.25, -0.2) is 0 Å². The molecule has 0 aromatic carbocycles. The summed E-state index contributed by atoms with van der Waals surface area (Å²) >= 11 is 0. The van der Waals surface area contributed by atoms with Gasteiger partial charge in [0.25, 0.3) is 0 Å². The van der Waals surface area contributed by atoms with E-state index in [2.05, 4.69) is 29.5 Å². The van der Waals surface area contributed by atoms with E-state index in [9.17, 15) is 0 Å². The zero-order valence-electron chi connectivity index (χ0n) is 10.2. The molecule has 1 aromatic rings. The molecule has 0 bridgehead atoms. The Bertz CT molecular complexity index is 291. The average Bonchev–Trinajstić information content (AvgIpc) is 2.85. The molecule has 0 saturated heterocycles. The molecule has 1 atom stereocenters. The number of aromatic nitrogens is 1. The van der Waals surface area contributed by atoms with Crippen molar-refractivity contribution in [3.8, 4) is 0 Å². The number of pyridine rings is 1. The lowest BCUT2D eigenvalue weighted by molar-refractivity contribution is 0.360. The molecule has 1 heterocycles. The molecule has 2 heteroatoms. The number of hydrogen-bond acceptors (Lipinski definition) is 2. The number of rotatable bonds is 5. The van der Waals surface area contributed by atoms with Crippen LogP contribution in [0.15, 0.2) is 24.5 Å². The molecule has 88 valence electrons. The van der Waals surface area contributed by atoms with Crippen molar-refractivity contribution < 1.29 is 0 Å². The van der Waals surface area contributed by atoms with Crippen LogP contribution in [0.3, 0.4) is 0 Å². The Morgan fingerprint density at radius 1 is 1.31 bits per heavy atom. The van der Waals surface area contributed by atoms with Gasteiger partial charge in [-0.1, -0.05) is 12.8 Å². The molecule has 2 rings (SSSR count). The molecule has 1 unspecified atom stereocenters. The van der Waals surface area contributed by atoms with E-state index in [4.69, 9.17) is 0 Å². The summed E-state index contributed by atoms with van der Waals surface area (Å²) in [6.07, 6.45) is 11.9. The van der Waals surface area contributed by atoms with E-state index >= 15 is 0 Å². The van der Waals surface area contributed by atoms with Crippen molar-refractivity contribution in [1.82, 2.24) is 10.3 Å². The molecule has 2 nitrogen and oxygen atoms in total. The van der Waals surface area contributed by atoms with Crippen molar-refractivity contribution in [2.45, 2.75) is 44.6 Å². The molecule has 16 heavy (non-hydrogen) atoms. The third kappa shape index (κ3) is 3.05. The fourth-order valence-corrected chi connectivity index (χ4v) is 2.85. The van der Waals surface area contributed by atoms with Crippen LogP contribution in [-0.2, 0) is 6.42 Å². The molecule has 1 aliphatic rings. The Balaban J connectivity index is 1.83. The zero-order chi connectivity index (χ0) is 11.2. The van der Waals surface area contributed by atoms with Crippen LogP contribution < -0.4 is 5.32 Å². The fraction of sp³-hybridized carbons (Fsp3) is 0.643. The molecule has 0 spiro atoms. The smallest absolute Gasteiger partial charge is 0.0270 e. The van der Waals surface area contributed by atoms with Crippen LogP contribution in [0.2, 0.25) is 0 Å². The van der Waals surface area contributed by atoms with E-state index in [-0.39, 0.29) is 0 Å². The normalized spacial score (nSPS) is 18.8. The van der Waals surface area contributed by atoms with Crippen LogP contribution in [-0.4, -0.2) is 18.1 Å². The van der Waals surface area contributed by atoms with Crippen LogP contribution in [0.1, 0.15) is 37.7 Å². The predicted octanol–water partition coefficient (Wildman–Crippen LogP) is 2.79. The van der Waals surface area contributed by atoms with Crippen LogP contribution in [0.5, 0.6) is 0 Å². The van der Waals surface area contributed by atoms with E-state index in [0.29, 0.717) is 6.04 Å². The Morgan fingerprint density at radius 3 is 2.62 bits per heavy atom. The van der Waals surface area contributed by atoms with E-state index in [1.54, 1.807) is 0 Å². The Labute approximate surface area is 98.5 Å². The summed E-state index contributed by atoms with van der Waals surface area (Å²) in [7, 11) is 2.11. The molecule has 1 N–H and O–H groups in total. The quantitative estimate of drug-likeness (QED) is 0.822. The van der Waals surface area contributed by atoms with Gasteiger partial charge >= 0.3 is 0 Å². The summed E-state index contributed by atoms with van der Waals surface area (Å²) in [5.41, 5.74) is 1.41. The third-order valence-electron chi connectivity index (χ3n) is 3.83. The molecule has 1 aromatic heterocycles. The highest BCUT2D eigenvalue weighted by molar-refractivity contribution is 5.10. The van der Waals surface area contributed by atoms with Gasteiger partial charge in [0.15, 0.2) is 0 Å². The minimum absolute atomic E-state index is 0.704. The number of nitrogens with zero attached hydrogens (tertiary/aromatic N) is 1. The summed E-state index contributed by atoms with van der Waals surface area (Å²) in [6, 6.07) is 4.96. The Hall–Kier alpha value is -0.890. The highest BCUT2D eigenvalue weighted by atomic mass is 14.9. The molecule has 0 aliphatic heterocycles. The van der Waals surface area contributed by atoms with Crippen LogP contribution in [0.25, 0.3) is 0 Å². The number of aryl methyl sites for hydroxylation is 1. The first-order valence-electron chi connectivity index (χ1n) is 6.46. The molecule has 0 radical (unpaired) electrons. The second kappa shape index (κ2) is 6.00. The maximum Gasteiger partial charge on any atom is 0.0270 e. The first kappa shape index (κ1) is 11.6. The monoisotopic (exact) mass is 218 g/mol. The standard InChI is InChI=1S/C14H22N2/c1-15-14(13-4-2-3-5-13)7-6-12-8-10-16-11-9-12/h8-11,13-15H,2-7H2,1H3. The van der Waals surface area contributed by atoms with Gasteiger partial charge in [-0.15, -0.1) is 0 Å². The second-order valence-electron chi connectivity index (χ2n) is 4.83. The van der Waals surface area contributed by atoms with E-state index in [1.807, 2.05) is 12.4 Å². The van der Waals surface area contributed by atoms with Gasteiger partial charge in [0.2, 0.25) is 0 Å². The number of hydrogen-bond donors (Lipinski definition) is 1. The van der Waals surface area contributed by atoms with Gasteiger partial charge < -0.3 is 5.32 Å². The predicted molar refractivity (Wildman–Crippen MR) is 67.4 cm³/mol. The van der Waals surface area contributed by atoms with E-state index in [0.717, 1.165) is 5.92 Å². The maximum absolute atomic E-state index is 4.05. The lowest BCUT2D eigenvalue weighted by Gasteiger charge is -2.22. The summed E-state index contributed by atoms with van der Waals surface area (Å²) in [6.45, 7) is 0. The first-order chi connectivity index (χ1) is 7.90. The number of nitrogens with one attached hydrogen (secondary N) is 1. The summed E-state index contributed by atoms with van der Waals surface area (Å²) in [4.78, 5) is 4.05. The second-order valence-corrected chi connectivity index (χ2v) is 4.83. The highest BCUT2D eigenvalue weighted by Gasteiger charge is 2.23. The van der Waals surface area contributed by atoms with Crippen molar-refractivity contribution in [3.63, 3.8) is 0 Å². The van der Waals surface area contributed by atoms with Crippen LogP contribution in [0.4, 0.5) is 0 Å². The van der Waals surface area contributed by atoms with Crippen molar-refractivity contribution in [3.05, 3.63) is 30.1 Å². The summed E-state index contributed by atoms with van der Waals surface area (Å²) < 4.78 is 0. The fourth-order valence-electron chi connectivity index (χ4n) is 2.85. The molecule has 1 aliphatic carbocycles. The van der Waals surface area contributed by atoms with Gasteiger partial charge in [0.05, 0.1) is 0 Å². The van der Waals surface area contributed by atoms with Gasteiger partial charge in [-0.05, 0) is 56.3 Å². The average molecular weight is 218 g/mol. The van der Waals surface area contributed by atoms with Crippen LogP contribution in [0, 0.1) is 5.92 Å². The summed E-state index contributed by atoms with van der Waals surface area (Å²) in [5.74, 6) is 0.909. The van der Waals surface area contributed by atoms with Crippen LogP contribution >= 0.6 is 0 Å². The van der Waals surface area contributed by atoms with Crippen molar-refractivity contribution in [2.75, 3.05) is 7.05 Å². The molecule has 1 fully saturated rings. The Kier molecular flexibility index (Phi) is 4.34. The van der Waals surface area contributed by atoms with E-state index in [1.165, 1.54) is 44.1 Å². The zero-order valence-corrected chi connectivity index (χ0v) is 10.2. The maximum atomic E-state index is 4.05. The van der Waals surface area contributed by atoms with Gasteiger partial charge in [0.1, 0.15) is 0 Å². The topological polar surface area (TPSA) is 24.9 Å². The minimum Gasteiger partial charge on any atom is -0.317 e. The molecular formula is C14H22N2. The van der Waals surface area contributed by atoms with E-state index < -0.39 is 0 Å². The summed E-state index contributed by atoms with van der Waals surface area (Å²) in [5, 5.41) is 3.50. The lowest BCUT2D eigenvalue weighted by Crippen LogP contribution is -2.32. The highest BCUT2D eigenvalue weighted by Crippen LogP contribution is 2.29. The van der Waals surface area contributed by atoms with Gasteiger partial charge in [0, 0.05) is 18.4 Å². The lowest BCUT2D eigenvalue weighted by atomic mass is 9.93. The van der Waals surface area contributed by atoms with Gasteiger partial charge in [-0.2, -0.15) is 0 Å². The molecular weight excluding hydrogens is 196 g/mol. The SMILES string of the molecule is CNC(CCc1ccncc1)C1CCCC1. The van der Waals surface area contributed by atoms with Crippen molar-refractivity contribution in [2.24, 2.45) is 5.92 Å². The molecule has 0 amide bonds.